The van der Waals surface area contributed by atoms with Gasteiger partial charge in [-0.25, -0.2) is 0 Å². The van der Waals surface area contributed by atoms with Gasteiger partial charge < -0.3 is 5.11 Å². The summed E-state index contributed by atoms with van der Waals surface area (Å²) in [5, 5.41) is 18.2. The number of thiol groups is 1. The van der Waals surface area contributed by atoms with E-state index in [1.54, 1.807) is 0 Å². The minimum absolute atomic E-state index is 0.00945. The lowest BCUT2D eigenvalue weighted by atomic mass is 10.1. The fraction of sp³-hybridized carbons (Fsp3) is 0.222. The fourth-order valence-electron chi connectivity index (χ4n) is 1.06. The molecule has 0 radical (unpaired) electrons. The Hall–Kier alpha value is -1.56. The monoisotopic (exact) mass is 227 g/mol. The Morgan fingerprint density at radius 2 is 2.00 bits per heavy atom. The second kappa shape index (κ2) is 4.79. The number of aliphatic carboxylic acids is 1. The van der Waals surface area contributed by atoms with E-state index in [0.29, 0.717) is 5.56 Å². The normalized spacial score (nSPS) is 12.1. The number of non-ortho nitro benzene ring substituents is 1. The van der Waals surface area contributed by atoms with Gasteiger partial charge in [0.1, 0.15) is 5.25 Å². The predicted octanol–water partition coefficient (Wildman–Crippen LogP) is 1.52. The maximum Gasteiger partial charge on any atom is 0.316 e. The van der Waals surface area contributed by atoms with Crippen molar-refractivity contribution in [2.24, 2.45) is 0 Å². The van der Waals surface area contributed by atoms with Crippen molar-refractivity contribution in [3.05, 3.63) is 39.9 Å². The van der Waals surface area contributed by atoms with Crippen LogP contribution in [-0.2, 0) is 11.2 Å². The molecule has 0 aliphatic carbocycles. The number of carboxylic acids is 1. The van der Waals surface area contributed by atoms with E-state index >= 15 is 0 Å². The molecule has 0 bridgehead atoms. The van der Waals surface area contributed by atoms with Crippen LogP contribution in [-0.4, -0.2) is 21.2 Å². The molecule has 0 saturated carbocycles. The first kappa shape index (κ1) is 11.5. The molecule has 0 aromatic heterocycles. The number of hydrogen-bond donors (Lipinski definition) is 2. The molecule has 0 spiro atoms. The summed E-state index contributed by atoms with van der Waals surface area (Å²) in [6, 6.07) is 5.75. The van der Waals surface area contributed by atoms with Crippen molar-refractivity contribution >= 4 is 24.3 Å². The van der Waals surface area contributed by atoms with Gasteiger partial charge in [0, 0.05) is 12.1 Å². The molecular weight excluding hydrogens is 218 g/mol. The summed E-state index contributed by atoms with van der Waals surface area (Å²) < 4.78 is 0. The van der Waals surface area contributed by atoms with Gasteiger partial charge in [-0.1, -0.05) is 12.1 Å². The van der Waals surface area contributed by atoms with Gasteiger partial charge in [-0.05, 0) is 12.0 Å². The molecule has 0 amide bonds. The van der Waals surface area contributed by atoms with E-state index in [4.69, 9.17) is 5.11 Å². The number of nitro benzene ring substituents is 1. The predicted molar refractivity (Wildman–Crippen MR) is 57.2 cm³/mol. The number of benzene rings is 1. The summed E-state index contributed by atoms with van der Waals surface area (Å²) in [5.41, 5.74) is 0.702. The molecule has 0 aliphatic rings. The lowest BCUT2D eigenvalue weighted by Gasteiger charge is -2.04. The molecule has 0 heterocycles. The molecule has 1 unspecified atom stereocenters. The molecule has 1 aromatic rings. The Labute approximate surface area is 91.3 Å². The van der Waals surface area contributed by atoms with Gasteiger partial charge in [0.2, 0.25) is 0 Å². The van der Waals surface area contributed by atoms with E-state index in [1.807, 2.05) is 0 Å². The number of nitrogens with zero attached hydrogens (tertiary/aromatic N) is 1. The highest BCUT2D eigenvalue weighted by Gasteiger charge is 2.13. The van der Waals surface area contributed by atoms with Crippen LogP contribution >= 0.6 is 12.6 Å². The second-order valence-corrected chi connectivity index (χ2v) is 3.61. The van der Waals surface area contributed by atoms with Crippen molar-refractivity contribution in [2.75, 3.05) is 0 Å². The Morgan fingerprint density at radius 1 is 1.47 bits per heavy atom. The first-order valence-electron chi connectivity index (χ1n) is 4.15. The van der Waals surface area contributed by atoms with Crippen molar-refractivity contribution in [1.29, 1.82) is 0 Å². The molecule has 15 heavy (non-hydrogen) atoms. The van der Waals surface area contributed by atoms with Gasteiger partial charge in [-0.2, -0.15) is 12.6 Å². The molecular formula is C9H9NO4S. The van der Waals surface area contributed by atoms with Gasteiger partial charge in [0.05, 0.1) is 4.92 Å². The van der Waals surface area contributed by atoms with Gasteiger partial charge in [-0.15, -0.1) is 0 Å². The summed E-state index contributed by atoms with van der Waals surface area (Å²) in [6.07, 6.45) is 0.246. The highest BCUT2D eigenvalue weighted by Crippen LogP contribution is 2.14. The minimum Gasteiger partial charge on any atom is -0.480 e. The highest BCUT2D eigenvalue weighted by atomic mass is 32.1. The molecule has 1 N–H and O–H groups in total. The lowest BCUT2D eigenvalue weighted by molar-refractivity contribution is -0.384. The zero-order chi connectivity index (χ0) is 11.4. The lowest BCUT2D eigenvalue weighted by Crippen LogP contribution is -2.15. The van der Waals surface area contributed by atoms with Crippen LogP contribution < -0.4 is 0 Å². The second-order valence-electron chi connectivity index (χ2n) is 2.98. The largest absolute Gasteiger partial charge is 0.480 e. The van der Waals surface area contributed by atoms with Gasteiger partial charge in [-0.3, -0.25) is 14.9 Å². The van der Waals surface area contributed by atoms with E-state index in [9.17, 15) is 14.9 Å². The van der Waals surface area contributed by atoms with Crippen LogP contribution in [0.4, 0.5) is 5.69 Å². The molecule has 6 heteroatoms. The number of nitro groups is 1. The molecule has 1 rings (SSSR count). The number of carbonyl (C=O) groups is 1. The third kappa shape index (κ3) is 3.25. The highest BCUT2D eigenvalue weighted by molar-refractivity contribution is 7.81. The van der Waals surface area contributed by atoms with E-state index in [1.165, 1.54) is 24.3 Å². The topological polar surface area (TPSA) is 80.4 Å². The zero-order valence-electron chi connectivity index (χ0n) is 7.66. The van der Waals surface area contributed by atoms with Gasteiger partial charge in [0.15, 0.2) is 0 Å². The number of rotatable bonds is 4. The first-order valence-corrected chi connectivity index (χ1v) is 4.66. The van der Waals surface area contributed by atoms with Crippen LogP contribution in [0.3, 0.4) is 0 Å². The standard InChI is InChI=1S/C9H9NO4S/c11-9(12)8(15)5-6-1-3-7(4-2-6)10(13)14/h1-4,8,15H,5H2,(H,11,12). The van der Waals surface area contributed by atoms with E-state index in [0.717, 1.165) is 0 Å². The molecule has 0 saturated heterocycles. The summed E-state index contributed by atoms with van der Waals surface area (Å²) in [6.45, 7) is 0. The average Bonchev–Trinajstić information content (AvgIpc) is 2.18. The quantitative estimate of drug-likeness (QED) is 0.464. The van der Waals surface area contributed by atoms with Crippen LogP contribution in [0.15, 0.2) is 24.3 Å². The fourth-order valence-corrected chi connectivity index (χ4v) is 1.28. The SMILES string of the molecule is O=C(O)C(S)Cc1ccc([N+](=O)[O-])cc1. The molecule has 5 nitrogen and oxygen atoms in total. The Kier molecular flexibility index (Phi) is 3.68. The summed E-state index contributed by atoms with van der Waals surface area (Å²) in [4.78, 5) is 20.3. The Morgan fingerprint density at radius 3 is 2.40 bits per heavy atom. The Balaban J connectivity index is 2.72. The summed E-state index contributed by atoms with van der Waals surface area (Å²) >= 11 is 3.87. The van der Waals surface area contributed by atoms with Crippen molar-refractivity contribution in [2.45, 2.75) is 11.7 Å². The van der Waals surface area contributed by atoms with Crippen LogP contribution in [0, 0.1) is 10.1 Å². The van der Waals surface area contributed by atoms with Crippen LogP contribution in [0.5, 0.6) is 0 Å². The summed E-state index contributed by atoms with van der Waals surface area (Å²) in [7, 11) is 0. The minimum atomic E-state index is -1.00. The van der Waals surface area contributed by atoms with E-state index < -0.39 is 16.1 Å². The van der Waals surface area contributed by atoms with Crippen molar-refractivity contribution in [3.63, 3.8) is 0 Å². The molecule has 0 fully saturated rings. The Bertz CT molecular complexity index is 376. The van der Waals surface area contributed by atoms with Crippen molar-refractivity contribution < 1.29 is 14.8 Å². The van der Waals surface area contributed by atoms with Crippen molar-refractivity contribution in [3.8, 4) is 0 Å². The molecule has 0 aliphatic heterocycles. The molecule has 80 valence electrons. The van der Waals surface area contributed by atoms with Gasteiger partial charge >= 0.3 is 5.97 Å². The van der Waals surface area contributed by atoms with E-state index in [-0.39, 0.29) is 12.1 Å². The maximum absolute atomic E-state index is 10.5. The smallest absolute Gasteiger partial charge is 0.316 e. The summed E-state index contributed by atoms with van der Waals surface area (Å²) in [5.74, 6) is -1.00. The van der Waals surface area contributed by atoms with Crippen LogP contribution in [0.1, 0.15) is 5.56 Å². The third-order valence-electron chi connectivity index (χ3n) is 1.86. The zero-order valence-corrected chi connectivity index (χ0v) is 8.55. The molecule has 1 aromatic carbocycles. The van der Waals surface area contributed by atoms with Crippen molar-refractivity contribution in [1.82, 2.24) is 0 Å². The average molecular weight is 227 g/mol. The maximum atomic E-state index is 10.5. The number of carboxylic acid groups (broad SMARTS) is 1. The number of hydrogen-bond acceptors (Lipinski definition) is 4. The van der Waals surface area contributed by atoms with E-state index in [2.05, 4.69) is 12.6 Å². The third-order valence-corrected chi connectivity index (χ3v) is 2.26. The van der Waals surface area contributed by atoms with Crippen LogP contribution in [0.2, 0.25) is 0 Å². The van der Waals surface area contributed by atoms with Crippen LogP contribution in [0.25, 0.3) is 0 Å². The first-order chi connectivity index (χ1) is 7.00. The molecule has 1 atom stereocenters. The van der Waals surface area contributed by atoms with Gasteiger partial charge in [0.25, 0.3) is 5.69 Å².